The molecule has 0 aliphatic carbocycles. The summed E-state index contributed by atoms with van der Waals surface area (Å²) in [5, 5.41) is 13.3. The molecule has 0 amide bonds. The lowest BCUT2D eigenvalue weighted by Gasteiger charge is -2.49. The molecule has 482 valence electrons. The van der Waals surface area contributed by atoms with Gasteiger partial charge in [-0.05, 0) is 117 Å². The Balaban J connectivity index is 1.09. The van der Waals surface area contributed by atoms with Gasteiger partial charge in [0.1, 0.15) is 159 Å². The van der Waals surface area contributed by atoms with Gasteiger partial charge in [-0.1, -0.05) is 208 Å². The number of hydrogen-bond acceptors (Lipinski definition) is 3. The predicted molar refractivity (Wildman–Crippen MR) is 505 cm³/mol. The van der Waals surface area contributed by atoms with Crippen molar-refractivity contribution >= 4 is 322 Å². The first-order valence-electron chi connectivity index (χ1n) is 37.1. The Kier molecular flexibility index (Phi) is 16.9. The standard InChI is InChI=1S/C80H82B18N4O/c1-33-57(81)61(85)54(62(86)58(33)82)80(55-64(88)69(93)73(97)70(94)65(55)89,56-66(90)71(95)74(98)72(96)67(56)91)53-59(83)50(60(84)68(92)63(53)87)43-24-12-22-40-37-19-8-6-17-35(37)36-18-7-9-20-38(36)41-23-13-26-45(76(41)101-75(40)43)100-44-25-14-28-47-51(44)79(5)31-15-16-34(78(2,3)4)32-49(99)102-46-27-11-10-21-39(46)42-29-30-48(103-47)52(79)77(42)102/h6-32,100-101H,81-99H2,1-5H3/b31-15+,34-16+,49-32+. The van der Waals surface area contributed by atoms with Gasteiger partial charge in [0.05, 0.1) is 33.2 Å². The van der Waals surface area contributed by atoms with Crippen molar-refractivity contribution < 1.29 is 4.74 Å². The lowest BCUT2D eigenvalue weighted by atomic mass is 9.43. The summed E-state index contributed by atoms with van der Waals surface area (Å²) in [6.45, 7) is 11.5. The van der Waals surface area contributed by atoms with Crippen molar-refractivity contribution in [1.29, 1.82) is 0 Å². The zero-order valence-corrected chi connectivity index (χ0v) is 65.0. The molecule has 2 aromatic heterocycles. The van der Waals surface area contributed by atoms with Gasteiger partial charge in [0.15, 0.2) is 0 Å². The van der Waals surface area contributed by atoms with Crippen LogP contribution in [0.3, 0.4) is 0 Å². The second kappa shape index (κ2) is 25.0. The van der Waals surface area contributed by atoms with E-state index in [2.05, 4.69) is 355 Å². The second-order valence-electron chi connectivity index (χ2n) is 31.8. The Bertz CT molecular complexity index is 5910. The third kappa shape index (κ3) is 10.1. The van der Waals surface area contributed by atoms with Crippen molar-refractivity contribution in [2.24, 2.45) is 11.1 Å². The molecule has 15 rings (SSSR count). The first-order chi connectivity index (χ1) is 49.0. The van der Waals surface area contributed by atoms with Crippen molar-refractivity contribution in [3.8, 4) is 22.6 Å². The lowest BCUT2D eigenvalue weighted by Crippen LogP contribution is -2.68. The van der Waals surface area contributed by atoms with E-state index in [0.29, 0.717) is 5.82 Å². The molecule has 2 aliphatic heterocycles. The van der Waals surface area contributed by atoms with Crippen LogP contribution in [0, 0.1) is 12.3 Å². The SMILES string of the molecule is Bc1c(B)c(B)c(C(c2c(B)c(B)c(B)c(B)c2B)(c2c(B)c(B)c(C)c(B)c2B)c2c(B)c(B)c(B)c(-c3cccc4c3[nH]c3c(Nc5cccc6c5C5(C)/C=C/C=C(C(C)(C)C)\C=C(/N)n7c8ccccc8c8ccc(c5c87)O6)cccc3c3ccccc3c3ccccc43)c2B)c(B)c1B. The number of anilines is 2. The molecule has 0 fully saturated rings. The number of H-pyrrole nitrogens is 1. The number of allylic oxidation sites excluding steroid dienone is 5. The number of nitrogens with one attached hydrogen (secondary N) is 2. The summed E-state index contributed by atoms with van der Waals surface area (Å²) >= 11 is 0. The number of nitrogens with two attached hydrogens (primary N) is 1. The smallest absolute Gasteiger partial charge is 0.140 e. The van der Waals surface area contributed by atoms with Gasteiger partial charge in [0, 0.05) is 49.3 Å². The van der Waals surface area contributed by atoms with Crippen molar-refractivity contribution in [3.05, 3.63) is 208 Å². The zero-order chi connectivity index (χ0) is 73.3. The Morgan fingerprint density at radius 2 is 0.845 bits per heavy atom. The lowest BCUT2D eigenvalue weighted by molar-refractivity contribution is 0.433. The Morgan fingerprint density at radius 3 is 1.39 bits per heavy atom. The number of nitrogens with zero attached hydrogens (tertiary/aromatic N) is 1. The molecule has 4 N–H and O–H groups in total. The molecular weight excluding hydrogens is 1230 g/mol. The van der Waals surface area contributed by atoms with Crippen LogP contribution in [0.15, 0.2) is 169 Å². The van der Waals surface area contributed by atoms with Crippen LogP contribution >= 0.6 is 0 Å². The number of aromatic amines is 1. The highest BCUT2D eigenvalue weighted by Gasteiger charge is 2.48. The summed E-state index contributed by atoms with van der Waals surface area (Å²) in [4.78, 5) is 4.48. The highest BCUT2D eigenvalue weighted by Crippen LogP contribution is 2.56. The van der Waals surface area contributed by atoms with E-state index in [1.807, 2.05) is 0 Å². The van der Waals surface area contributed by atoms with Gasteiger partial charge in [-0.15, -0.1) is 38.2 Å². The van der Waals surface area contributed by atoms with Gasteiger partial charge < -0.3 is 20.8 Å². The van der Waals surface area contributed by atoms with Crippen LogP contribution in [0.2, 0.25) is 0 Å². The van der Waals surface area contributed by atoms with Crippen molar-refractivity contribution in [2.45, 2.75) is 45.4 Å². The van der Waals surface area contributed by atoms with Crippen molar-refractivity contribution in [1.82, 2.24) is 9.55 Å². The first-order valence-corrected chi connectivity index (χ1v) is 37.1. The number of benzene rings is 11. The summed E-state index contributed by atoms with van der Waals surface area (Å²) in [7, 11) is 43.3. The van der Waals surface area contributed by atoms with E-state index < -0.39 is 10.8 Å². The third-order valence-corrected chi connectivity index (χ3v) is 26.0. The molecule has 5 nitrogen and oxygen atoms in total. The molecule has 13 aromatic rings. The maximum absolute atomic E-state index is 7.46. The van der Waals surface area contributed by atoms with Gasteiger partial charge >= 0.3 is 0 Å². The maximum Gasteiger partial charge on any atom is 0.140 e. The molecule has 0 radical (unpaired) electrons. The van der Waals surface area contributed by atoms with E-state index in [4.69, 9.17) is 10.5 Å². The van der Waals surface area contributed by atoms with E-state index in [1.165, 1.54) is 137 Å². The van der Waals surface area contributed by atoms with Crippen LogP contribution in [-0.4, -0.2) is 151 Å². The summed E-state index contributed by atoms with van der Waals surface area (Å²) in [6.07, 6.45) is 9.06. The van der Waals surface area contributed by atoms with E-state index in [0.717, 1.165) is 105 Å². The topological polar surface area (TPSA) is 68.0 Å². The first kappa shape index (κ1) is 69.5. The molecule has 4 heterocycles. The third-order valence-electron chi connectivity index (χ3n) is 26.0. The molecular formula is C80H82B18N4O. The molecule has 2 aliphatic rings. The molecule has 0 saturated carbocycles. The molecule has 0 bridgehead atoms. The van der Waals surface area contributed by atoms with Gasteiger partial charge in [-0.3, -0.25) is 4.57 Å². The van der Waals surface area contributed by atoms with Crippen molar-refractivity contribution in [3.63, 3.8) is 0 Å². The monoisotopic (exact) mass is 1310 g/mol. The van der Waals surface area contributed by atoms with Crippen LogP contribution in [0.25, 0.3) is 82.1 Å². The number of fused-ring (bicyclic) bond motifs is 12. The highest BCUT2D eigenvalue weighted by molar-refractivity contribution is 6.70. The van der Waals surface area contributed by atoms with E-state index >= 15 is 0 Å². The number of aromatic nitrogens is 2. The fourth-order valence-corrected chi connectivity index (χ4v) is 19.2. The summed E-state index contributed by atoms with van der Waals surface area (Å²) in [5.41, 5.74) is 48.3. The van der Waals surface area contributed by atoms with E-state index in [1.54, 1.807) is 0 Å². The minimum Gasteiger partial charge on any atom is -0.457 e. The Labute approximate surface area is 624 Å². The largest absolute Gasteiger partial charge is 0.457 e. The van der Waals surface area contributed by atoms with Gasteiger partial charge in [0.25, 0.3) is 0 Å². The molecule has 0 spiro atoms. The number of para-hydroxylation sites is 3. The Hall–Kier alpha value is -9.19. The molecule has 0 saturated heterocycles. The van der Waals surface area contributed by atoms with Gasteiger partial charge in [0.2, 0.25) is 0 Å². The van der Waals surface area contributed by atoms with Gasteiger partial charge in [-0.2, -0.15) is 0 Å². The van der Waals surface area contributed by atoms with Crippen LogP contribution in [0.4, 0.5) is 11.4 Å². The van der Waals surface area contributed by atoms with Gasteiger partial charge in [-0.25, -0.2) is 0 Å². The van der Waals surface area contributed by atoms with Crippen LogP contribution in [0.5, 0.6) is 11.5 Å². The average Bonchev–Trinajstić information content (AvgIpc) is 0.774. The number of hydrogen-bond donors (Lipinski definition) is 3. The minimum absolute atomic E-state index is 0.201. The molecule has 1 atom stereocenters. The number of ether oxygens (including phenoxy) is 1. The minimum atomic E-state index is -0.809. The molecule has 11 aromatic carbocycles. The van der Waals surface area contributed by atoms with Crippen LogP contribution in [-0.2, 0) is 10.8 Å². The summed E-state index contributed by atoms with van der Waals surface area (Å²) in [6, 6.07) is 51.4. The van der Waals surface area contributed by atoms with Crippen LogP contribution in [0.1, 0.15) is 66.6 Å². The van der Waals surface area contributed by atoms with E-state index in [-0.39, 0.29) is 5.41 Å². The quantitative estimate of drug-likeness (QED) is 0.110. The molecule has 1 unspecified atom stereocenters. The Morgan fingerprint density at radius 1 is 0.417 bits per heavy atom. The summed E-state index contributed by atoms with van der Waals surface area (Å²) in [5.74, 6) is 2.26. The number of rotatable bonds is 7. The second-order valence-corrected chi connectivity index (χ2v) is 31.8. The van der Waals surface area contributed by atoms with E-state index in [9.17, 15) is 0 Å². The molecule has 103 heavy (non-hydrogen) atoms. The van der Waals surface area contributed by atoms with Crippen molar-refractivity contribution in [2.75, 3.05) is 5.32 Å². The van der Waals surface area contributed by atoms with Crippen LogP contribution < -0.4 is 114 Å². The summed E-state index contributed by atoms with van der Waals surface area (Å²) < 4.78 is 9.57. The predicted octanol–water partition coefficient (Wildman–Crippen LogP) is -10.7. The fraction of sp³-hybridized carbons (Fsp3) is 0.100. The maximum atomic E-state index is 7.46. The zero-order valence-electron chi connectivity index (χ0n) is 65.0. The average molecular weight is 1310 g/mol. The fourth-order valence-electron chi connectivity index (χ4n) is 19.2. The normalized spacial score (nSPS) is 15.7. The molecule has 23 heteroatoms. The highest BCUT2D eigenvalue weighted by atomic mass is 16.5.